The lowest BCUT2D eigenvalue weighted by Crippen LogP contribution is -2.53. The second-order valence-electron chi connectivity index (χ2n) is 6.83. The van der Waals surface area contributed by atoms with Gasteiger partial charge in [-0.05, 0) is 12.5 Å². The number of rotatable bonds is 7. The summed E-state index contributed by atoms with van der Waals surface area (Å²) in [6.07, 6.45) is 4.11. The third-order valence-electron chi connectivity index (χ3n) is 5.05. The van der Waals surface area contributed by atoms with Gasteiger partial charge in [-0.2, -0.15) is 10.1 Å². The van der Waals surface area contributed by atoms with Crippen LogP contribution in [-0.4, -0.2) is 57.2 Å². The molecule has 0 unspecified atom stereocenters. The smallest absolute Gasteiger partial charge is 0.252 e. The molecule has 0 bridgehead atoms. The van der Waals surface area contributed by atoms with E-state index in [1.165, 1.54) is 5.69 Å². The third-order valence-corrected chi connectivity index (χ3v) is 5.05. The van der Waals surface area contributed by atoms with Crippen LogP contribution in [0.3, 0.4) is 0 Å². The zero-order valence-electron chi connectivity index (χ0n) is 14.8. The summed E-state index contributed by atoms with van der Waals surface area (Å²) in [7, 11) is 1.98. The van der Waals surface area contributed by atoms with Crippen molar-refractivity contribution in [2.24, 2.45) is 13.0 Å². The number of nitrogens with zero attached hydrogens (tertiary/aromatic N) is 5. The van der Waals surface area contributed by atoms with Gasteiger partial charge in [0.15, 0.2) is 5.82 Å². The Morgan fingerprint density at radius 3 is 2.96 bits per heavy atom. The van der Waals surface area contributed by atoms with Gasteiger partial charge in [0.05, 0.1) is 11.8 Å². The summed E-state index contributed by atoms with van der Waals surface area (Å²) in [4.78, 5) is 6.70. The Kier molecular flexibility index (Phi) is 4.82. The first-order valence-electron chi connectivity index (χ1n) is 8.98. The first kappa shape index (κ1) is 16.7. The summed E-state index contributed by atoms with van der Waals surface area (Å²) in [6.45, 7) is 6.16. The lowest BCUT2D eigenvalue weighted by molar-refractivity contribution is -0.0765. The molecule has 2 aromatic rings. The molecular formula is C17H25N5O3. The monoisotopic (exact) mass is 347 g/mol. The van der Waals surface area contributed by atoms with Gasteiger partial charge in [-0.25, -0.2) is 0 Å². The Hall–Kier alpha value is -1.77. The number of ether oxygens (including phenoxy) is 2. The third kappa shape index (κ3) is 3.61. The standard InChI is InChI=1S/C17H25N5O3/c1-3-15-19-16(25-20-15)11-24-13-9-22(10-13)8-12-5-7-23-17(12)14-4-6-18-21(14)2/h4,6,12-13,17H,3,5,7-11H2,1-2H3/t12-,17+/m0/s1. The van der Waals surface area contributed by atoms with Crippen molar-refractivity contribution >= 4 is 0 Å². The van der Waals surface area contributed by atoms with Crippen LogP contribution in [0.5, 0.6) is 0 Å². The van der Waals surface area contributed by atoms with Crippen molar-refractivity contribution in [1.82, 2.24) is 24.8 Å². The molecule has 4 heterocycles. The number of hydrogen-bond donors (Lipinski definition) is 0. The molecule has 0 radical (unpaired) electrons. The van der Waals surface area contributed by atoms with E-state index in [9.17, 15) is 0 Å². The molecule has 0 spiro atoms. The van der Waals surface area contributed by atoms with Gasteiger partial charge in [0.1, 0.15) is 12.7 Å². The molecule has 0 amide bonds. The highest BCUT2D eigenvalue weighted by Crippen LogP contribution is 2.35. The van der Waals surface area contributed by atoms with Gasteiger partial charge in [-0.3, -0.25) is 9.58 Å². The molecule has 25 heavy (non-hydrogen) atoms. The first-order chi connectivity index (χ1) is 12.2. The summed E-state index contributed by atoms with van der Waals surface area (Å²) in [5, 5.41) is 8.15. The highest BCUT2D eigenvalue weighted by atomic mass is 16.5. The van der Waals surface area contributed by atoms with Gasteiger partial charge in [0, 0.05) is 51.8 Å². The largest absolute Gasteiger partial charge is 0.372 e. The predicted octanol–water partition coefficient (Wildman–Crippen LogP) is 1.34. The first-order valence-corrected chi connectivity index (χ1v) is 8.98. The van der Waals surface area contributed by atoms with Crippen molar-refractivity contribution in [2.45, 2.75) is 38.6 Å². The van der Waals surface area contributed by atoms with E-state index in [1.54, 1.807) is 0 Å². The van der Waals surface area contributed by atoms with Crippen LogP contribution in [0.25, 0.3) is 0 Å². The Morgan fingerprint density at radius 2 is 2.24 bits per heavy atom. The minimum absolute atomic E-state index is 0.151. The molecule has 8 nitrogen and oxygen atoms in total. The molecule has 136 valence electrons. The summed E-state index contributed by atoms with van der Waals surface area (Å²) >= 11 is 0. The molecular weight excluding hydrogens is 322 g/mol. The van der Waals surface area contributed by atoms with Crippen molar-refractivity contribution < 1.29 is 14.0 Å². The Bertz CT molecular complexity index is 694. The lowest BCUT2D eigenvalue weighted by Gasteiger charge is -2.40. The van der Waals surface area contributed by atoms with Crippen LogP contribution in [0.1, 0.15) is 36.9 Å². The topological polar surface area (TPSA) is 78.4 Å². The van der Waals surface area contributed by atoms with Crippen LogP contribution in [0.4, 0.5) is 0 Å². The number of aryl methyl sites for hydroxylation is 2. The zero-order chi connectivity index (χ0) is 17.2. The Labute approximate surface area is 147 Å². The lowest BCUT2D eigenvalue weighted by atomic mass is 9.96. The van der Waals surface area contributed by atoms with E-state index in [0.29, 0.717) is 18.4 Å². The number of hydrogen-bond acceptors (Lipinski definition) is 7. The van der Waals surface area contributed by atoms with E-state index in [1.807, 2.05) is 24.9 Å². The molecule has 0 aliphatic carbocycles. The van der Waals surface area contributed by atoms with E-state index >= 15 is 0 Å². The van der Waals surface area contributed by atoms with Crippen molar-refractivity contribution in [3.63, 3.8) is 0 Å². The molecule has 8 heteroatoms. The molecule has 2 fully saturated rings. The average molecular weight is 347 g/mol. The zero-order valence-corrected chi connectivity index (χ0v) is 14.8. The van der Waals surface area contributed by atoms with Gasteiger partial charge < -0.3 is 14.0 Å². The fourth-order valence-electron chi connectivity index (χ4n) is 3.60. The minimum atomic E-state index is 0.151. The van der Waals surface area contributed by atoms with Crippen LogP contribution in [0, 0.1) is 5.92 Å². The molecule has 2 aliphatic heterocycles. The van der Waals surface area contributed by atoms with Gasteiger partial charge in [0.25, 0.3) is 5.89 Å². The van der Waals surface area contributed by atoms with Gasteiger partial charge in [-0.15, -0.1) is 0 Å². The van der Waals surface area contributed by atoms with Crippen molar-refractivity contribution in [3.8, 4) is 0 Å². The second kappa shape index (κ2) is 7.23. The maximum Gasteiger partial charge on any atom is 0.252 e. The van der Waals surface area contributed by atoms with Crippen LogP contribution in [0.15, 0.2) is 16.8 Å². The highest BCUT2D eigenvalue weighted by Gasteiger charge is 2.36. The fourth-order valence-corrected chi connectivity index (χ4v) is 3.60. The Balaban J connectivity index is 1.22. The van der Waals surface area contributed by atoms with Crippen molar-refractivity contribution in [3.05, 3.63) is 29.7 Å². The van der Waals surface area contributed by atoms with E-state index in [0.717, 1.165) is 44.9 Å². The normalized spacial score (nSPS) is 24.7. The molecule has 0 saturated carbocycles. The summed E-state index contributed by atoms with van der Waals surface area (Å²) in [6, 6.07) is 2.06. The van der Waals surface area contributed by atoms with Crippen molar-refractivity contribution in [2.75, 3.05) is 26.2 Å². The molecule has 0 aromatic carbocycles. The van der Waals surface area contributed by atoms with Crippen LogP contribution in [-0.2, 0) is 29.5 Å². The summed E-state index contributed by atoms with van der Waals surface area (Å²) in [5.41, 5.74) is 1.17. The highest BCUT2D eigenvalue weighted by molar-refractivity contribution is 5.08. The van der Waals surface area contributed by atoms with Gasteiger partial charge >= 0.3 is 0 Å². The summed E-state index contributed by atoms with van der Waals surface area (Å²) < 4.78 is 18.9. The van der Waals surface area contributed by atoms with E-state index in [2.05, 4.69) is 26.2 Å². The number of aromatic nitrogens is 4. The fraction of sp³-hybridized carbons (Fsp3) is 0.706. The SMILES string of the molecule is CCc1noc(COC2CN(C[C@@H]3CCO[C@H]3c3ccnn3C)C2)n1. The van der Waals surface area contributed by atoms with E-state index in [4.69, 9.17) is 14.0 Å². The Morgan fingerprint density at radius 1 is 1.36 bits per heavy atom. The maximum atomic E-state index is 5.96. The second-order valence-corrected chi connectivity index (χ2v) is 6.83. The van der Waals surface area contributed by atoms with E-state index in [-0.39, 0.29) is 12.2 Å². The van der Waals surface area contributed by atoms with Gasteiger partial charge in [-0.1, -0.05) is 12.1 Å². The molecule has 4 rings (SSSR count). The van der Waals surface area contributed by atoms with Gasteiger partial charge in [0.2, 0.25) is 0 Å². The molecule has 2 atom stereocenters. The van der Waals surface area contributed by atoms with Crippen LogP contribution >= 0.6 is 0 Å². The van der Waals surface area contributed by atoms with E-state index < -0.39 is 0 Å². The quantitative estimate of drug-likeness (QED) is 0.748. The maximum absolute atomic E-state index is 5.96. The average Bonchev–Trinajstić information content (AvgIpc) is 3.29. The summed E-state index contributed by atoms with van der Waals surface area (Å²) in [5.74, 6) is 1.81. The van der Waals surface area contributed by atoms with Crippen LogP contribution < -0.4 is 0 Å². The number of likely N-dealkylation sites (tertiary alicyclic amines) is 1. The molecule has 0 N–H and O–H groups in total. The van der Waals surface area contributed by atoms with Crippen molar-refractivity contribution in [1.29, 1.82) is 0 Å². The minimum Gasteiger partial charge on any atom is -0.372 e. The molecule has 2 saturated heterocycles. The van der Waals surface area contributed by atoms with Crippen LogP contribution in [0.2, 0.25) is 0 Å². The molecule has 2 aromatic heterocycles. The molecule has 2 aliphatic rings. The predicted molar refractivity (Wildman–Crippen MR) is 88.7 cm³/mol.